The maximum atomic E-state index is 12.7. The Morgan fingerprint density at radius 3 is 2.61 bits per heavy atom. The molecule has 10 heteroatoms. The number of rotatable bonds is 7. The predicted octanol–water partition coefficient (Wildman–Crippen LogP) is 2.92. The molecule has 2 amide bonds. The fourth-order valence-electron chi connectivity index (χ4n) is 2.12. The van der Waals surface area contributed by atoms with Crippen molar-refractivity contribution >= 4 is 29.6 Å². The molecule has 0 aliphatic carbocycles. The zero-order chi connectivity index (χ0) is 20.7. The van der Waals surface area contributed by atoms with Gasteiger partial charge in [-0.25, -0.2) is 5.43 Å². The van der Waals surface area contributed by atoms with Crippen LogP contribution < -0.4 is 15.9 Å². The van der Waals surface area contributed by atoms with Crippen LogP contribution in [0, 0.1) is 0 Å². The standard InChI is InChI=1S/C18H15ClF3N3O3/c19-14-7-12(4-5-15(14)28-10-16(23)26)9-24-25-17(27)8-11-2-1-3-13(6-11)18(20,21)22/h1-7,9H,8,10H2,(H2,23,26)(H,25,27). The summed E-state index contributed by atoms with van der Waals surface area (Å²) in [7, 11) is 0. The number of nitrogens with zero attached hydrogens (tertiary/aromatic N) is 1. The number of carbonyl (C=O) groups excluding carboxylic acids is 2. The lowest BCUT2D eigenvalue weighted by atomic mass is 10.1. The number of halogens is 4. The van der Waals surface area contributed by atoms with Gasteiger partial charge in [-0.05, 0) is 35.4 Å². The molecule has 0 saturated heterocycles. The van der Waals surface area contributed by atoms with Crippen molar-refractivity contribution in [3.05, 3.63) is 64.2 Å². The molecular weight excluding hydrogens is 399 g/mol. The lowest BCUT2D eigenvalue weighted by Gasteiger charge is -2.08. The van der Waals surface area contributed by atoms with Crippen molar-refractivity contribution < 1.29 is 27.5 Å². The van der Waals surface area contributed by atoms with E-state index in [-0.39, 0.29) is 29.4 Å². The Bertz CT molecular complexity index is 901. The molecule has 0 aliphatic rings. The molecule has 28 heavy (non-hydrogen) atoms. The minimum absolute atomic E-state index is 0.209. The summed E-state index contributed by atoms with van der Waals surface area (Å²) >= 11 is 6.00. The van der Waals surface area contributed by atoms with Crippen LogP contribution in [0.3, 0.4) is 0 Å². The first kappa shape index (κ1) is 21.2. The average molecular weight is 414 g/mol. The molecule has 0 spiro atoms. The van der Waals surface area contributed by atoms with E-state index in [1.54, 1.807) is 6.07 Å². The van der Waals surface area contributed by atoms with Crippen LogP contribution in [0.15, 0.2) is 47.6 Å². The lowest BCUT2D eigenvalue weighted by Crippen LogP contribution is -2.20. The van der Waals surface area contributed by atoms with E-state index in [4.69, 9.17) is 22.1 Å². The average Bonchev–Trinajstić information content (AvgIpc) is 2.60. The first-order chi connectivity index (χ1) is 13.1. The molecule has 0 saturated carbocycles. The number of nitrogens with two attached hydrogens (primary N) is 1. The van der Waals surface area contributed by atoms with Gasteiger partial charge in [-0.1, -0.05) is 29.8 Å². The number of primary amides is 1. The Kier molecular flexibility index (Phi) is 7.00. The van der Waals surface area contributed by atoms with Crippen molar-refractivity contribution in [3.8, 4) is 5.75 Å². The smallest absolute Gasteiger partial charge is 0.416 e. The molecule has 0 fully saturated rings. The summed E-state index contributed by atoms with van der Waals surface area (Å²) in [4.78, 5) is 22.5. The Morgan fingerprint density at radius 1 is 1.21 bits per heavy atom. The first-order valence-electron chi connectivity index (χ1n) is 7.84. The molecule has 3 N–H and O–H groups in total. The summed E-state index contributed by atoms with van der Waals surface area (Å²) in [6, 6.07) is 9.05. The largest absolute Gasteiger partial charge is 0.482 e. The third-order valence-corrected chi connectivity index (χ3v) is 3.64. The van der Waals surface area contributed by atoms with Gasteiger partial charge in [0.05, 0.1) is 23.2 Å². The summed E-state index contributed by atoms with van der Waals surface area (Å²) in [6.45, 7) is -0.321. The molecule has 0 aliphatic heterocycles. The quantitative estimate of drug-likeness (QED) is 0.540. The van der Waals surface area contributed by atoms with Crippen molar-refractivity contribution in [2.45, 2.75) is 12.6 Å². The number of hydrogen-bond acceptors (Lipinski definition) is 4. The summed E-state index contributed by atoms with van der Waals surface area (Å²) < 4.78 is 43.1. The van der Waals surface area contributed by atoms with E-state index in [1.807, 2.05) is 0 Å². The van der Waals surface area contributed by atoms with E-state index in [0.29, 0.717) is 5.56 Å². The Labute approximate surface area is 163 Å². The van der Waals surface area contributed by atoms with Crippen LogP contribution >= 0.6 is 11.6 Å². The number of benzene rings is 2. The van der Waals surface area contributed by atoms with Crippen LogP contribution in [0.2, 0.25) is 5.02 Å². The van der Waals surface area contributed by atoms with Crippen LogP contribution in [0.25, 0.3) is 0 Å². The van der Waals surface area contributed by atoms with Gasteiger partial charge >= 0.3 is 6.18 Å². The van der Waals surface area contributed by atoms with E-state index in [1.165, 1.54) is 30.5 Å². The van der Waals surface area contributed by atoms with Gasteiger partial charge in [0.25, 0.3) is 5.91 Å². The van der Waals surface area contributed by atoms with Crippen molar-refractivity contribution in [1.29, 1.82) is 0 Å². The summed E-state index contributed by atoms with van der Waals surface area (Å²) in [5.74, 6) is -0.973. The molecule has 2 aromatic carbocycles. The van der Waals surface area contributed by atoms with Crippen molar-refractivity contribution in [1.82, 2.24) is 5.43 Å². The second-order valence-electron chi connectivity index (χ2n) is 5.61. The summed E-state index contributed by atoms with van der Waals surface area (Å²) in [5.41, 5.74) is 7.11. The highest BCUT2D eigenvalue weighted by Crippen LogP contribution is 2.29. The molecule has 2 rings (SSSR count). The topological polar surface area (TPSA) is 93.8 Å². The normalized spacial score (nSPS) is 11.4. The maximum Gasteiger partial charge on any atom is 0.416 e. The van der Waals surface area contributed by atoms with Gasteiger partial charge in [0, 0.05) is 0 Å². The molecule has 0 atom stereocenters. The number of hydrogen-bond donors (Lipinski definition) is 2. The van der Waals surface area contributed by atoms with Crippen molar-refractivity contribution in [2.24, 2.45) is 10.8 Å². The van der Waals surface area contributed by atoms with Crippen LogP contribution in [-0.2, 0) is 22.2 Å². The molecule has 0 bridgehead atoms. The maximum absolute atomic E-state index is 12.7. The molecule has 148 valence electrons. The molecule has 2 aromatic rings. The van der Waals surface area contributed by atoms with E-state index in [0.717, 1.165) is 12.1 Å². The van der Waals surface area contributed by atoms with Crippen LogP contribution in [0.1, 0.15) is 16.7 Å². The highest BCUT2D eigenvalue weighted by atomic mass is 35.5. The predicted molar refractivity (Wildman–Crippen MR) is 97.0 cm³/mol. The molecule has 6 nitrogen and oxygen atoms in total. The summed E-state index contributed by atoms with van der Waals surface area (Å²) in [5, 5.41) is 3.94. The van der Waals surface area contributed by atoms with E-state index in [9.17, 15) is 22.8 Å². The number of ether oxygens (including phenoxy) is 1. The van der Waals surface area contributed by atoms with E-state index >= 15 is 0 Å². The second kappa shape index (κ2) is 9.23. The van der Waals surface area contributed by atoms with Crippen molar-refractivity contribution in [3.63, 3.8) is 0 Å². The highest BCUT2D eigenvalue weighted by molar-refractivity contribution is 6.32. The zero-order valence-electron chi connectivity index (χ0n) is 14.3. The lowest BCUT2D eigenvalue weighted by molar-refractivity contribution is -0.137. The number of carbonyl (C=O) groups is 2. The summed E-state index contributed by atoms with van der Waals surface area (Å²) in [6.07, 6.45) is -3.44. The Balaban J connectivity index is 1.93. The molecule has 0 unspecified atom stereocenters. The minimum atomic E-state index is -4.47. The second-order valence-corrected chi connectivity index (χ2v) is 6.02. The molecule has 0 heterocycles. The van der Waals surface area contributed by atoms with Gasteiger partial charge in [-0.15, -0.1) is 0 Å². The highest BCUT2D eigenvalue weighted by Gasteiger charge is 2.30. The fraction of sp³-hybridized carbons (Fsp3) is 0.167. The van der Waals surface area contributed by atoms with Gasteiger partial charge in [-0.3, -0.25) is 9.59 Å². The SMILES string of the molecule is NC(=O)COc1ccc(C=NNC(=O)Cc2cccc(C(F)(F)F)c2)cc1Cl. The van der Waals surface area contributed by atoms with Crippen molar-refractivity contribution in [2.75, 3.05) is 6.61 Å². The third-order valence-electron chi connectivity index (χ3n) is 3.35. The minimum Gasteiger partial charge on any atom is -0.482 e. The monoisotopic (exact) mass is 413 g/mol. The van der Waals surface area contributed by atoms with Gasteiger partial charge in [0.15, 0.2) is 6.61 Å². The van der Waals surface area contributed by atoms with Gasteiger partial charge in [-0.2, -0.15) is 18.3 Å². The molecule has 0 radical (unpaired) electrons. The number of amides is 2. The van der Waals surface area contributed by atoms with Gasteiger partial charge in [0.2, 0.25) is 5.91 Å². The number of hydrazone groups is 1. The number of nitrogens with one attached hydrogen (secondary N) is 1. The van der Waals surface area contributed by atoms with Crippen LogP contribution in [0.5, 0.6) is 5.75 Å². The van der Waals surface area contributed by atoms with E-state index < -0.39 is 23.6 Å². The fourth-order valence-corrected chi connectivity index (χ4v) is 2.37. The van der Waals surface area contributed by atoms with E-state index in [2.05, 4.69) is 10.5 Å². The van der Waals surface area contributed by atoms with Gasteiger partial charge < -0.3 is 10.5 Å². The van der Waals surface area contributed by atoms with Crippen LogP contribution in [0.4, 0.5) is 13.2 Å². The Morgan fingerprint density at radius 2 is 1.96 bits per heavy atom. The number of alkyl halides is 3. The van der Waals surface area contributed by atoms with Crippen LogP contribution in [-0.4, -0.2) is 24.6 Å². The first-order valence-corrected chi connectivity index (χ1v) is 8.21. The molecular formula is C18H15ClF3N3O3. The zero-order valence-corrected chi connectivity index (χ0v) is 15.1. The third kappa shape index (κ3) is 6.58. The van der Waals surface area contributed by atoms with Gasteiger partial charge in [0.1, 0.15) is 5.75 Å². The Hall–Kier alpha value is -3.07. The molecule has 0 aromatic heterocycles.